The fourth-order valence-electron chi connectivity index (χ4n) is 4.23. The van der Waals surface area contributed by atoms with Crippen molar-refractivity contribution in [3.63, 3.8) is 0 Å². The third-order valence-corrected chi connectivity index (χ3v) is 7.19. The lowest BCUT2D eigenvalue weighted by atomic mass is 9.85. The van der Waals surface area contributed by atoms with Crippen molar-refractivity contribution < 1.29 is 9.35 Å². The summed E-state index contributed by atoms with van der Waals surface area (Å²) in [7, 11) is -2.11. The van der Waals surface area contributed by atoms with Crippen molar-refractivity contribution in [1.82, 2.24) is 0 Å². The lowest BCUT2D eigenvalue weighted by molar-refractivity contribution is -0.384. The van der Waals surface area contributed by atoms with Crippen LogP contribution in [0.5, 0.6) is 0 Å². The summed E-state index contributed by atoms with van der Waals surface area (Å²) >= 11 is 0. The molecule has 0 aliphatic rings. The molecule has 0 heterocycles. The van der Waals surface area contributed by atoms with E-state index in [1.165, 1.54) is 0 Å². The van der Waals surface area contributed by atoms with E-state index in [0.717, 1.165) is 44.5 Å². The molecule has 6 heteroatoms. The smallest absolute Gasteiger partial charge is 0.277 e. The van der Waals surface area contributed by atoms with E-state index in [1.807, 2.05) is 77.7 Å². The topological polar surface area (TPSA) is 76.2 Å². The summed E-state index contributed by atoms with van der Waals surface area (Å²) in [5.74, 6) is 0. The standard InChI is InChI=1S/C28H32N2O3Si/c1-17-9-11-22(13-19(17)3)27-21(5)28(23-12-10-18(2)20(4)14-23)25(30(31)32)15-24(27)26(16-29)33-34(6,7)8/h9-15,26H,1-8H3. The molecule has 0 saturated heterocycles. The number of nitro groups is 1. The number of nitro benzene ring substituents is 1. The molecule has 5 nitrogen and oxygen atoms in total. The number of rotatable bonds is 6. The van der Waals surface area contributed by atoms with Crippen LogP contribution in [0.3, 0.4) is 0 Å². The molecule has 0 N–H and O–H groups in total. The molecule has 34 heavy (non-hydrogen) atoms. The summed E-state index contributed by atoms with van der Waals surface area (Å²) < 4.78 is 6.21. The molecular weight excluding hydrogens is 440 g/mol. The summed E-state index contributed by atoms with van der Waals surface area (Å²) in [6.45, 7) is 16.1. The van der Waals surface area contributed by atoms with Crippen LogP contribution in [0.2, 0.25) is 19.6 Å². The molecule has 3 rings (SSSR count). The third-order valence-electron chi connectivity index (χ3n) is 6.25. The molecule has 1 atom stereocenters. The van der Waals surface area contributed by atoms with E-state index in [-0.39, 0.29) is 10.6 Å². The van der Waals surface area contributed by atoms with Gasteiger partial charge in [-0.3, -0.25) is 10.1 Å². The van der Waals surface area contributed by atoms with Crippen LogP contribution >= 0.6 is 0 Å². The molecule has 0 aliphatic heterocycles. The minimum absolute atomic E-state index is 0.0113. The molecule has 176 valence electrons. The average Bonchev–Trinajstić information content (AvgIpc) is 2.74. The van der Waals surface area contributed by atoms with E-state index in [4.69, 9.17) is 4.43 Å². The maximum atomic E-state index is 12.3. The summed E-state index contributed by atoms with van der Waals surface area (Å²) in [5, 5.41) is 22.3. The van der Waals surface area contributed by atoms with Crippen molar-refractivity contribution in [3.05, 3.63) is 86.0 Å². The van der Waals surface area contributed by atoms with Crippen LogP contribution < -0.4 is 0 Å². The summed E-state index contributed by atoms with van der Waals surface area (Å²) in [5.41, 5.74) is 8.91. The Bertz CT molecular complexity index is 1320. The first kappa shape index (κ1) is 25.4. The fraction of sp³-hybridized carbons (Fsp3) is 0.321. The van der Waals surface area contributed by atoms with Gasteiger partial charge in [0.25, 0.3) is 5.69 Å². The van der Waals surface area contributed by atoms with Gasteiger partial charge >= 0.3 is 0 Å². The van der Waals surface area contributed by atoms with Gasteiger partial charge in [-0.05, 0) is 98.8 Å². The molecule has 0 aliphatic carbocycles. The molecule has 0 spiro atoms. The number of nitriles is 1. The van der Waals surface area contributed by atoms with Crippen molar-refractivity contribution in [3.8, 4) is 28.3 Å². The maximum absolute atomic E-state index is 12.3. The average molecular weight is 473 g/mol. The molecule has 0 amide bonds. The summed E-state index contributed by atoms with van der Waals surface area (Å²) in [6.07, 6.45) is -0.894. The molecule has 3 aromatic carbocycles. The van der Waals surface area contributed by atoms with E-state index < -0.39 is 14.4 Å². The third kappa shape index (κ3) is 5.11. The second-order valence-electron chi connectivity index (χ2n) is 9.95. The zero-order chi connectivity index (χ0) is 25.4. The Morgan fingerprint density at radius 2 is 1.35 bits per heavy atom. The normalized spacial score (nSPS) is 12.3. The van der Waals surface area contributed by atoms with E-state index in [1.54, 1.807) is 6.07 Å². The SMILES string of the molecule is Cc1ccc(-c2c(C(C#N)O[Si](C)(C)C)cc([N+](=O)[O-])c(-c3ccc(C)c(C)c3)c2C)cc1C. The van der Waals surface area contributed by atoms with Gasteiger partial charge in [-0.25, -0.2) is 0 Å². The van der Waals surface area contributed by atoms with Crippen molar-refractivity contribution in [2.75, 3.05) is 0 Å². The zero-order valence-corrected chi connectivity index (χ0v) is 22.2. The van der Waals surface area contributed by atoms with Crippen LogP contribution in [-0.2, 0) is 4.43 Å². The number of hydrogen-bond donors (Lipinski definition) is 0. The molecule has 0 fully saturated rings. The van der Waals surface area contributed by atoms with E-state index in [0.29, 0.717) is 11.1 Å². The lowest BCUT2D eigenvalue weighted by Gasteiger charge is -2.26. The van der Waals surface area contributed by atoms with Crippen LogP contribution in [0.1, 0.15) is 39.5 Å². The second-order valence-corrected chi connectivity index (χ2v) is 14.4. The Balaban J connectivity index is 2.46. The van der Waals surface area contributed by atoms with Crippen molar-refractivity contribution in [1.29, 1.82) is 5.26 Å². The second kappa shape index (κ2) is 9.53. The van der Waals surface area contributed by atoms with Gasteiger partial charge in [-0.15, -0.1) is 0 Å². The Kier molecular flexibility index (Phi) is 7.11. The minimum Gasteiger partial charge on any atom is -0.399 e. The van der Waals surface area contributed by atoms with Crippen molar-refractivity contribution in [2.45, 2.75) is 60.4 Å². The molecule has 0 radical (unpaired) electrons. The van der Waals surface area contributed by atoms with Gasteiger partial charge in [-0.2, -0.15) is 5.26 Å². The Morgan fingerprint density at radius 3 is 1.76 bits per heavy atom. The molecule has 1 unspecified atom stereocenters. The molecule has 0 saturated carbocycles. The molecule has 0 bridgehead atoms. The predicted molar refractivity (Wildman–Crippen MR) is 140 cm³/mol. The fourth-order valence-corrected chi connectivity index (χ4v) is 5.12. The van der Waals surface area contributed by atoms with Crippen molar-refractivity contribution >= 4 is 14.0 Å². The number of nitrogens with zero attached hydrogens (tertiary/aromatic N) is 2. The number of aryl methyl sites for hydroxylation is 4. The maximum Gasteiger partial charge on any atom is 0.277 e. The van der Waals surface area contributed by atoms with E-state index in [9.17, 15) is 15.4 Å². The Hall–Kier alpha value is -3.27. The molecule has 3 aromatic rings. The zero-order valence-electron chi connectivity index (χ0n) is 21.2. The first-order chi connectivity index (χ1) is 15.8. The number of hydrogen-bond acceptors (Lipinski definition) is 4. The van der Waals surface area contributed by atoms with E-state index in [2.05, 4.69) is 19.1 Å². The van der Waals surface area contributed by atoms with Gasteiger partial charge in [0.15, 0.2) is 14.4 Å². The number of benzene rings is 3. The largest absolute Gasteiger partial charge is 0.399 e. The monoisotopic (exact) mass is 472 g/mol. The van der Waals surface area contributed by atoms with Crippen LogP contribution in [0.4, 0.5) is 5.69 Å². The first-order valence-corrected chi connectivity index (χ1v) is 14.8. The van der Waals surface area contributed by atoms with Gasteiger partial charge < -0.3 is 4.43 Å². The van der Waals surface area contributed by atoms with Gasteiger partial charge in [0.1, 0.15) is 0 Å². The highest BCUT2D eigenvalue weighted by Crippen LogP contribution is 2.44. The van der Waals surface area contributed by atoms with Gasteiger partial charge in [0, 0.05) is 11.6 Å². The first-order valence-electron chi connectivity index (χ1n) is 11.4. The minimum atomic E-state index is -2.11. The van der Waals surface area contributed by atoms with Gasteiger partial charge in [0.05, 0.1) is 16.6 Å². The molecule has 0 aromatic heterocycles. The quantitative estimate of drug-likeness (QED) is 0.208. The highest BCUT2D eigenvalue weighted by molar-refractivity contribution is 6.69. The van der Waals surface area contributed by atoms with E-state index >= 15 is 0 Å². The summed E-state index contributed by atoms with van der Waals surface area (Å²) in [6, 6.07) is 15.9. The van der Waals surface area contributed by atoms with Crippen molar-refractivity contribution in [2.24, 2.45) is 0 Å². The van der Waals surface area contributed by atoms with Crippen LogP contribution in [0, 0.1) is 56.1 Å². The molecular formula is C28H32N2O3Si. The van der Waals surface area contributed by atoms with Gasteiger partial charge in [0.2, 0.25) is 0 Å². The van der Waals surface area contributed by atoms with Crippen LogP contribution in [-0.4, -0.2) is 13.2 Å². The van der Waals surface area contributed by atoms with Crippen LogP contribution in [0.25, 0.3) is 22.3 Å². The highest BCUT2D eigenvalue weighted by Gasteiger charge is 2.31. The predicted octanol–water partition coefficient (Wildman–Crippen LogP) is 7.89. The lowest BCUT2D eigenvalue weighted by Crippen LogP contribution is -2.28. The highest BCUT2D eigenvalue weighted by atomic mass is 28.4. The van der Waals surface area contributed by atoms with Gasteiger partial charge in [-0.1, -0.05) is 36.4 Å². The Morgan fingerprint density at radius 1 is 0.853 bits per heavy atom. The summed E-state index contributed by atoms with van der Waals surface area (Å²) in [4.78, 5) is 11.9. The Labute approximate surface area is 203 Å². The van der Waals surface area contributed by atoms with Crippen LogP contribution in [0.15, 0.2) is 42.5 Å².